The molecule has 0 bridgehead atoms. The molecule has 2 rings (SSSR count). The third-order valence-corrected chi connectivity index (χ3v) is 4.19. The number of aryl methyl sites for hydroxylation is 2. The molecule has 1 fully saturated rings. The average molecular weight is 293 g/mol. The van der Waals surface area contributed by atoms with Crippen molar-refractivity contribution in [1.29, 1.82) is 0 Å². The molecule has 6 heteroatoms. The van der Waals surface area contributed by atoms with E-state index < -0.39 is 11.9 Å². The van der Waals surface area contributed by atoms with E-state index in [0.717, 1.165) is 29.8 Å². The average Bonchev–Trinajstić information content (AvgIpc) is 3.21. The number of carbonyl (C=O) groups excluding carboxylic acids is 1. The van der Waals surface area contributed by atoms with E-state index in [1.165, 1.54) is 0 Å². The summed E-state index contributed by atoms with van der Waals surface area (Å²) in [4.78, 5) is 25.3. The number of aromatic nitrogens is 2. The molecule has 0 aromatic carbocycles. The van der Waals surface area contributed by atoms with Crippen molar-refractivity contribution in [3.8, 4) is 0 Å². The fourth-order valence-electron chi connectivity index (χ4n) is 2.54. The van der Waals surface area contributed by atoms with E-state index in [4.69, 9.17) is 5.11 Å². The fourth-order valence-corrected chi connectivity index (χ4v) is 2.54. The molecule has 0 saturated heterocycles. The topological polar surface area (TPSA) is 75.4 Å². The van der Waals surface area contributed by atoms with Crippen LogP contribution < -0.4 is 0 Å². The first-order valence-corrected chi connectivity index (χ1v) is 7.32. The summed E-state index contributed by atoms with van der Waals surface area (Å²) in [7, 11) is 1.86. The van der Waals surface area contributed by atoms with Gasteiger partial charge in [-0.1, -0.05) is 6.92 Å². The monoisotopic (exact) mass is 293 g/mol. The van der Waals surface area contributed by atoms with Gasteiger partial charge in [-0.3, -0.25) is 14.3 Å². The second-order valence-electron chi connectivity index (χ2n) is 5.97. The summed E-state index contributed by atoms with van der Waals surface area (Å²) in [5.41, 5.74) is 2.81. The van der Waals surface area contributed by atoms with E-state index in [9.17, 15) is 9.59 Å². The van der Waals surface area contributed by atoms with Gasteiger partial charge in [-0.2, -0.15) is 5.10 Å². The second-order valence-corrected chi connectivity index (χ2v) is 5.97. The van der Waals surface area contributed by atoms with E-state index in [2.05, 4.69) is 5.10 Å². The number of nitrogens with zero attached hydrogens (tertiary/aromatic N) is 3. The van der Waals surface area contributed by atoms with Gasteiger partial charge >= 0.3 is 5.97 Å². The van der Waals surface area contributed by atoms with E-state index in [0.29, 0.717) is 6.42 Å². The lowest BCUT2D eigenvalue weighted by Crippen LogP contribution is -2.39. The molecule has 0 radical (unpaired) electrons. The minimum Gasteiger partial charge on any atom is -0.481 e. The van der Waals surface area contributed by atoms with Crippen molar-refractivity contribution in [3.63, 3.8) is 0 Å². The highest BCUT2D eigenvalue weighted by atomic mass is 16.4. The van der Waals surface area contributed by atoms with Gasteiger partial charge < -0.3 is 10.0 Å². The molecular formula is C15H23N3O3. The molecule has 1 aliphatic rings. The number of hydrogen-bond acceptors (Lipinski definition) is 3. The van der Waals surface area contributed by atoms with E-state index in [1.807, 2.05) is 20.9 Å². The Morgan fingerprint density at radius 2 is 2.05 bits per heavy atom. The van der Waals surface area contributed by atoms with Crippen LogP contribution in [-0.4, -0.2) is 44.3 Å². The maximum atomic E-state index is 12.6. The zero-order valence-corrected chi connectivity index (χ0v) is 13.1. The van der Waals surface area contributed by atoms with Crippen LogP contribution in [0.2, 0.25) is 0 Å². The van der Waals surface area contributed by atoms with Crippen molar-refractivity contribution in [3.05, 3.63) is 17.0 Å². The lowest BCUT2D eigenvalue weighted by molar-refractivity contribution is -0.143. The Bertz CT molecular complexity index is 561. The molecule has 1 N–H and O–H groups in total. The zero-order chi connectivity index (χ0) is 15.7. The highest BCUT2D eigenvalue weighted by molar-refractivity contribution is 5.80. The second kappa shape index (κ2) is 5.87. The Kier molecular flexibility index (Phi) is 4.34. The van der Waals surface area contributed by atoms with E-state index in [-0.39, 0.29) is 18.5 Å². The molecule has 1 saturated carbocycles. The van der Waals surface area contributed by atoms with Gasteiger partial charge in [-0.25, -0.2) is 0 Å². The zero-order valence-electron chi connectivity index (χ0n) is 13.1. The maximum Gasteiger partial charge on any atom is 0.308 e. The van der Waals surface area contributed by atoms with Crippen LogP contribution in [0.25, 0.3) is 0 Å². The number of carbonyl (C=O) groups is 2. The molecule has 1 aromatic rings. The summed E-state index contributed by atoms with van der Waals surface area (Å²) in [5.74, 6) is -1.39. The Hall–Kier alpha value is -1.85. The Morgan fingerprint density at radius 1 is 1.43 bits per heavy atom. The number of hydrogen-bond donors (Lipinski definition) is 1. The molecule has 0 aliphatic heterocycles. The summed E-state index contributed by atoms with van der Waals surface area (Å²) >= 11 is 0. The normalized spacial score (nSPS) is 15.8. The maximum absolute atomic E-state index is 12.6. The summed E-state index contributed by atoms with van der Waals surface area (Å²) in [6, 6.07) is 0.219. The smallest absolute Gasteiger partial charge is 0.308 e. The van der Waals surface area contributed by atoms with Crippen LogP contribution in [0.3, 0.4) is 0 Å². The highest BCUT2D eigenvalue weighted by Crippen LogP contribution is 2.28. The van der Waals surface area contributed by atoms with Crippen LogP contribution in [-0.2, 0) is 23.1 Å². The first-order valence-electron chi connectivity index (χ1n) is 7.32. The number of carboxylic acid groups (broad SMARTS) is 1. The summed E-state index contributed by atoms with van der Waals surface area (Å²) in [5, 5.41) is 13.4. The number of aliphatic carboxylic acids is 1. The lowest BCUT2D eigenvalue weighted by Gasteiger charge is -2.24. The van der Waals surface area contributed by atoms with Gasteiger partial charge in [-0.05, 0) is 26.7 Å². The van der Waals surface area contributed by atoms with Crippen LogP contribution in [0.4, 0.5) is 0 Å². The number of rotatable bonds is 6. The SMILES string of the molecule is Cc1nn(C)c(C)c1CC(=O)N(CC(C)C(=O)O)C1CC1. The third kappa shape index (κ3) is 3.43. The minimum atomic E-state index is -0.859. The van der Waals surface area contributed by atoms with E-state index >= 15 is 0 Å². The van der Waals surface area contributed by atoms with Crippen molar-refractivity contribution in [2.75, 3.05) is 6.54 Å². The van der Waals surface area contributed by atoms with Gasteiger partial charge in [-0.15, -0.1) is 0 Å². The van der Waals surface area contributed by atoms with Crippen molar-refractivity contribution in [2.24, 2.45) is 13.0 Å². The molecule has 116 valence electrons. The molecule has 21 heavy (non-hydrogen) atoms. The molecule has 1 unspecified atom stereocenters. The Balaban J connectivity index is 2.10. The largest absolute Gasteiger partial charge is 0.481 e. The molecule has 1 atom stereocenters. The third-order valence-electron chi connectivity index (χ3n) is 4.19. The lowest BCUT2D eigenvalue weighted by atomic mass is 10.1. The predicted molar refractivity (Wildman–Crippen MR) is 77.9 cm³/mol. The van der Waals surface area contributed by atoms with Gasteiger partial charge in [0.25, 0.3) is 0 Å². The van der Waals surface area contributed by atoms with Crippen LogP contribution in [0.15, 0.2) is 0 Å². The van der Waals surface area contributed by atoms with Gasteiger partial charge in [0.05, 0.1) is 18.0 Å². The minimum absolute atomic E-state index is 0.00444. The molecule has 1 amide bonds. The van der Waals surface area contributed by atoms with Crippen molar-refractivity contribution in [2.45, 2.75) is 46.1 Å². The quantitative estimate of drug-likeness (QED) is 0.857. The summed E-state index contributed by atoms with van der Waals surface area (Å²) in [6.45, 7) is 5.78. The highest BCUT2D eigenvalue weighted by Gasteiger charge is 2.34. The summed E-state index contributed by atoms with van der Waals surface area (Å²) in [6.07, 6.45) is 2.25. The van der Waals surface area contributed by atoms with Gasteiger partial charge in [0, 0.05) is 30.9 Å². The van der Waals surface area contributed by atoms with Crippen molar-refractivity contribution >= 4 is 11.9 Å². The Labute approximate surface area is 124 Å². The molecule has 0 spiro atoms. The predicted octanol–water partition coefficient (Wildman–Crippen LogP) is 1.29. The first-order chi connectivity index (χ1) is 9.81. The van der Waals surface area contributed by atoms with Gasteiger partial charge in [0.15, 0.2) is 0 Å². The van der Waals surface area contributed by atoms with Crippen LogP contribution in [0.5, 0.6) is 0 Å². The van der Waals surface area contributed by atoms with Gasteiger partial charge in [0.2, 0.25) is 5.91 Å². The van der Waals surface area contributed by atoms with E-state index in [1.54, 1.807) is 16.5 Å². The van der Waals surface area contributed by atoms with Crippen molar-refractivity contribution in [1.82, 2.24) is 14.7 Å². The Morgan fingerprint density at radius 3 is 2.48 bits per heavy atom. The first kappa shape index (κ1) is 15.5. The molecular weight excluding hydrogens is 270 g/mol. The number of carboxylic acids is 1. The van der Waals surface area contributed by atoms with Gasteiger partial charge in [0.1, 0.15) is 0 Å². The van der Waals surface area contributed by atoms with Crippen LogP contribution in [0, 0.1) is 19.8 Å². The van der Waals surface area contributed by atoms with Crippen molar-refractivity contribution < 1.29 is 14.7 Å². The number of amides is 1. The molecule has 1 aliphatic carbocycles. The standard InChI is InChI=1S/C15H23N3O3/c1-9(15(20)21)8-18(12-5-6-12)14(19)7-13-10(2)16-17(4)11(13)3/h9,12H,5-8H2,1-4H3,(H,20,21). The molecule has 6 nitrogen and oxygen atoms in total. The van der Waals surface area contributed by atoms with Crippen LogP contribution in [0.1, 0.15) is 36.7 Å². The molecule has 1 aromatic heterocycles. The van der Waals surface area contributed by atoms with Crippen LogP contribution >= 0.6 is 0 Å². The molecule has 1 heterocycles. The summed E-state index contributed by atoms with van der Waals surface area (Å²) < 4.78 is 1.78. The fraction of sp³-hybridized carbons (Fsp3) is 0.667.